The number of halogens is 1. The fourth-order valence-corrected chi connectivity index (χ4v) is 1.13. The fraction of sp³-hybridized carbons (Fsp3) is 0.400. The van der Waals surface area contributed by atoms with Gasteiger partial charge in [0, 0.05) is 11.6 Å². The molecular weight excluding hydrogens is 186 g/mol. The number of rotatable bonds is 4. The summed E-state index contributed by atoms with van der Waals surface area (Å²) in [4.78, 5) is 0. The molecule has 0 aliphatic heterocycles. The molecule has 1 aromatic carbocycles. The first-order valence-corrected chi connectivity index (χ1v) is 4.76. The van der Waals surface area contributed by atoms with Gasteiger partial charge in [0.25, 0.3) is 0 Å². The maximum atomic E-state index is 5.74. The summed E-state index contributed by atoms with van der Waals surface area (Å²) in [7, 11) is 0. The summed E-state index contributed by atoms with van der Waals surface area (Å²) in [6.45, 7) is 2.59. The van der Waals surface area contributed by atoms with Gasteiger partial charge in [0.1, 0.15) is 11.9 Å². The van der Waals surface area contributed by atoms with Gasteiger partial charge >= 0.3 is 0 Å². The first-order chi connectivity index (χ1) is 6.26. The molecule has 72 valence electrons. The Hall–Kier alpha value is -0.730. The summed E-state index contributed by atoms with van der Waals surface area (Å²) in [5.74, 6) is 0.821. The molecule has 1 aromatic rings. The molecule has 0 aromatic heterocycles. The maximum Gasteiger partial charge on any atom is 0.119 e. The van der Waals surface area contributed by atoms with Crippen molar-refractivity contribution in [1.82, 2.24) is 0 Å². The minimum atomic E-state index is 0.0983. The van der Waals surface area contributed by atoms with Gasteiger partial charge in [-0.3, -0.25) is 0 Å². The van der Waals surface area contributed by atoms with Crippen molar-refractivity contribution in [3.63, 3.8) is 0 Å². The molecule has 1 unspecified atom stereocenters. The lowest BCUT2D eigenvalue weighted by atomic mass is 10.2. The van der Waals surface area contributed by atoms with Crippen LogP contribution in [0.1, 0.15) is 13.3 Å². The highest BCUT2D eigenvalue weighted by atomic mass is 35.5. The van der Waals surface area contributed by atoms with Crippen molar-refractivity contribution < 1.29 is 4.74 Å². The van der Waals surface area contributed by atoms with Gasteiger partial charge in [-0.1, -0.05) is 18.5 Å². The van der Waals surface area contributed by atoms with Crippen molar-refractivity contribution in [2.75, 3.05) is 6.54 Å². The Bertz CT molecular complexity index is 244. The predicted molar refractivity (Wildman–Crippen MR) is 55.2 cm³/mol. The summed E-state index contributed by atoms with van der Waals surface area (Å²) in [5.41, 5.74) is 5.51. The molecule has 0 saturated heterocycles. The molecule has 13 heavy (non-hydrogen) atoms. The van der Waals surface area contributed by atoms with E-state index >= 15 is 0 Å². The molecule has 0 radical (unpaired) electrons. The summed E-state index contributed by atoms with van der Waals surface area (Å²) in [6, 6.07) is 7.31. The van der Waals surface area contributed by atoms with Gasteiger partial charge in [-0.05, 0) is 30.7 Å². The fourth-order valence-electron chi connectivity index (χ4n) is 1.00. The minimum absolute atomic E-state index is 0.0983. The van der Waals surface area contributed by atoms with Crippen LogP contribution in [-0.2, 0) is 0 Å². The zero-order valence-electron chi connectivity index (χ0n) is 7.66. The van der Waals surface area contributed by atoms with E-state index in [1.54, 1.807) is 12.1 Å². The molecule has 2 nitrogen and oxygen atoms in total. The van der Waals surface area contributed by atoms with E-state index in [0.29, 0.717) is 11.6 Å². The Morgan fingerprint density at radius 1 is 1.38 bits per heavy atom. The van der Waals surface area contributed by atoms with Crippen LogP contribution >= 0.6 is 11.6 Å². The normalized spacial score (nSPS) is 12.5. The Morgan fingerprint density at radius 2 is 2.00 bits per heavy atom. The third-order valence-electron chi connectivity index (χ3n) is 1.83. The van der Waals surface area contributed by atoms with Crippen molar-refractivity contribution in [1.29, 1.82) is 0 Å². The second-order valence-electron chi connectivity index (χ2n) is 2.84. The van der Waals surface area contributed by atoms with E-state index in [2.05, 4.69) is 0 Å². The minimum Gasteiger partial charge on any atom is -0.489 e. The number of hydrogen-bond donors (Lipinski definition) is 1. The lowest BCUT2D eigenvalue weighted by Crippen LogP contribution is -2.25. The largest absolute Gasteiger partial charge is 0.489 e. The SMILES string of the molecule is CCC(CN)Oc1ccc(Cl)cc1. The van der Waals surface area contributed by atoms with E-state index in [9.17, 15) is 0 Å². The number of benzene rings is 1. The lowest BCUT2D eigenvalue weighted by Gasteiger charge is -2.15. The van der Waals surface area contributed by atoms with E-state index in [-0.39, 0.29) is 6.10 Å². The van der Waals surface area contributed by atoms with Gasteiger partial charge in [-0.2, -0.15) is 0 Å². The molecule has 3 heteroatoms. The van der Waals surface area contributed by atoms with Gasteiger partial charge in [0.05, 0.1) is 0 Å². The average Bonchev–Trinajstić information content (AvgIpc) is 2.17. The van der Waals surface area contributed by atoms with Crippen LogP contribution in [0.15, 0.2) is 24.3 Å². The van der Waals surface area contributed by atoms with Crippen LogP contribution in [0.2, 0.25) is 5.02 Å². The van der Waals surface area contributed by atoms with Crippen molar-refractivity contribution >= 4 is 11.6 Å². The third-order valence-corrected chi connectivity index (χ3v) is 2.09. The zero-order valence-corrected chi connectivity index (χ0v) is 8.42. The highest BCUT2D eigenvalue weighted by Crippen LogP contribution is 2.17. The molecule has 1 rings (SSSR count). The molecule has 2 N–H and O–H groups in total. The molecule has 0 bridgehead atoms. The second-order valence-corrected chi connectivity index (χ2v) is 3.27. The molecule has 0 saturated carbocycles. The summed E-state index contributed by atoms with van der Waals surface area (Å²) >= 11 is 5.74. The Balaban J connectivity index is 2.58. The van der Waals surface area contributed by atoms with Crippen LogP contribution in [0.3, 0.4) is 0 Å². The Morgan fingerprint density at radius 3 is 2.46 bits per heavy atom. The first-order valence-electron chi connectivity index (χ1n) is 4.38. The van der Waals surface area contributed by atoms with E-state index in [1.165, 1.54) is 0 Å². The van der Waals surface area contributed by atoms with E-state index < -0.39 is 0 Å². The molecule has 1 atom stereocenters. The maximum absolute atomic E-state index is 5.74. The molecule has 0 spiro atoms. The Labute approximate surface area is 83.6 Å². The molecule has 0 heterocycles. The first kappa shape index (κ1) is 10.4. The lowest BCUT2D eigenvalue weighted by molar-refractivity contribution is 0.205. The highest BCUT2D eigenvalue weighted by molar-refractivity contribution is 6.30. The summed E-state index contributed by atoms with van der Waals surface area (Å²) in [5, 5.41) is 0.716. The van der Waals surface area contributed by atoms with Gasteiger partial charge in [0.15, 0.2) is 0 Å². The van der Waals surface area contributed by atoms with Gasteiger partial charge in [-0.25, -0.2) is 0 Å². The van der Waals surface area contributed by atoms with E-state index in [1.807, 2.05) is 19.1 Å². The van der Waals surface area contributed by atoms with Crippen molar-refractivity contribution in [3.8, 4) is 5.75 Å². The third kappa shape index (κ3) is 3.25. The van der Waals surface area contributed by atoms with Crippen molar-refractivity contribution in [3.05, 3.63) is 29.3 Å². The number of ether oxygens (including phenoxy) is 1. The average molecular weight is 200 g/mol. The summed E-state index contributed by atoms with van der Waals surface area (Å²) < 4.78 is 5.58. The van der Waals surface area contributed by atoms with Crippen LogP contribution in [0.25, 0.3) is 0 Å². The standard InChI is InChI=1S/C10H14ClNO/c1-2-9(7-12)13-10-5-3-8(11)4-6-10/h3-6,9H,2,7,12H2,1H3. The molecule has 0 fully saturated rings. The molecule has 0 aliphatic carbocycles. The van der Waals surface area contributed by atoms with Crippen molar-refractivity contribution in [2.24, 2.45) is 5.73 Å². The van der Waals surface area contributed by atoms with Crippen LogP contribution in [-0.4, -0.2) is 12.6 Å². The smallest absolute Gasteiger partial charge is 0.119 e. The summed E-state index contributed by atoms with van der Waals surface area (Å²) in [6.07, 6.45) is 1.01. The van der Waals surface area contributed by atoms with Crippen LogP contribution in [0.4, 0.5) is 0 Å². The molecule has 0 amide bonds. The van der Waals surface area contributed by atoms with E-state index in [4.69, 9.17) is 22.1 Å². The Kier molecular flexibility index (Phi) is 4.06. The van der Waals surface area contributed by atoms with Gasteiger partial charge in [0.2, 0.25) is 0 Å². The topological polar surface area (TPSA) is 35.2 Å². The van der Waals surface area contributed by atoms with Gasteiger partial charge < -0.3 is 10.5 Å². The second kappa shape index (κ2) is 5.10. The van der Waals surface area contributed by atoms with Crippen LogP contribution in [0, 0.1) is 0 Å². The van der Waals surface area contributed by atoms with Crippen molar-refractivity contribution in [2.45, 2.75) is 19.4 Å². The van der Waals surface area contributed by atoms with Crippen LogP contribution < -0.4 is 10.5 Å². The van der Waals surface area contributed by atoms with Gasteiger partial charge in [-0.15, -0.1) is 0 Å². The predicted octanol–water partition coefficient (Wildman–Crippen LogP) is 2.46. The zero-order chi connectivity index (χ0) is 9.68. The molecular formula is C10H14ClNO. The monoisotopic (exact) mass is 199 g/mol. The van der Waals surface area contributed by atoms with E-state index in [0.717, 1.165) is 12.2 Å². The quantitative estimate of drug-likeness (QED) is 0.809. The van der Waals surface area contributed by atoms with Crippen LogP contribution in [0.5, 0.6) is 5.75 Å². The highest BCUT2D eigenvalue weighted by Gasteiger charge is 2.04. The molecule has 0 aliphatic rings. The number of nitrogens with two attached hydrogens (primary N) is 1. The number of hydrogen-bond acceptors (Lipinski definition) is 2.